The number of nitriles is 1. The lowest BCUT2D eigenvalue weighted by Crippen LogP contribution is -2.28. The van der Waals surface area contributed by atoms with Crippen molar-refractivity contribution in [3.8, 4) is 6.07 Å². The number of rotatable bonds is 4. The molecule has 0 atom stereocenters. The minimum absolute atomic E-state index is 0.0656. The second-order valence-corrected chi connectivity index (χ2v) is 3.35. The molecule has 3 heteroatoms. The molecule has 1 N–H and O–H groups in total. The van der Waals surface area contributed by atoms with Crippen LogP contribution in [-0.4, -0.2) is 36.8 Å². The standard InChI is InChI=1S/C8H14N2O/c1-10(4-5-11)7-8(6-9)2-3-8/h11H,2-5,7H2,1H3. The Balaban J connectivity index is 2.25. The van der Waals surface area contributed by atoms with Crippen molar-refractivity contribution in [3.63, 3.8) is 0 Å². The maximum Gasteiger partial charge on any atom is 0.0703 e. The Labute approximate surface area is 67.2 Å². The van der Waals surface area contributed by atoms with Crippen molar-refractivity contribution >= 4 is 0 Å². The average Bonchev–Trinajstić information content (AvgIpc) is 2.70. The highest BCUT2D eigenvalue weighted by atomic mass is 16.3. The van der Waals surface area contributed by atoms with E-state index in [1.807, 2.05) is 11.9 Å². The average molecular weight is 154 g/mol. The van der Waals surface area contributed by atoms with Gasteiger partial charge in [0, 0.05) is 13.1 Å². The van der Waals surface area contributed by atoms with Crippen molar-refractivity contribution in [2.45, 2.75) is 12.8 Å². The summed E-state index contributed by atoms with van der Waals surface area (Å²) in [5.74, 6) is 0. The molecule has 0 bridgehead atoms. The highest BCUT2D eigenvalue weighted by molar-refractivity contribution is 5.11. The lowest BCUT2D eigenvalue weighted by atomic mass is 10.1. The Bertz CT molecular complexity index is 169. The first-order valence-corrected chi connectivity index (χ1v) is 3.93. The molecule has 0 spiro atoms. The molecule has 0 saturated heterocycles. The predicted octanol–water partition coefficient (Wildman–Crippen LogP) is 0.214. The Morgan fingerprint density at radius 3 is 2.64 bits per heavy atom. The molecule has 3 nitrogen and oxygen atoms in total. The first-order valence-electron chi connectivity index (χ1n) is 3.93. The van der Waals surface area contributed by atoms with E-state index < -0.39 is 0 Å². The van der Waals surface area contributed by atoms with E-state index >= 15 is 0 Å². The highest BCUT2D eigenvalue weighted by Crippen LogP contribution is 2.45. The van der Waals surface area contributed by atoms with Crippen molar-refractivity contribution in [3.05, 3.63) is 0 Å². The second-order valence-electron chi connectivity index (χ2n) is 3.35. The molecule has 0 aromatic heterocycles. The molecule has 11 heavy (non-hydrogen) atoms. The van der Waals surface area contributed by atoms with Gasteiger partial charge in [0.2, 0.25) is 0 Å². The van der Waals surface area contributed by atoms with E-state index in [9.17, 15) is 0 Å². The maximum absolute atomic E-state index is 8.73. The monoisotopic (exact) mass is 154 g/mol. The summed E-state index contributed by atoms with van der Waals surface area (Å²) in [7, 11) is 1.94. The Hall–Kier alpha value is -0.590. The summed E-state index contributed by atoms with van der Waals surface area (Å²) in [6.07, 6.45) is 2.05. The van der Waals surface area contributed by atoms with Gasteiger partial charge in [0.05, 0.1) is 18.1 Å². The minimum Gasteiger partial charge on any atom is -0.395 e. The van der Waals surface area contributed by atoms with E-state index in [4.69, 9.17) is 10.4 Å². The van der Waals surface area contributed by atoms with E-state index in [0.29, 0.717) is 6.54 Å². The maximum atomic E-state index is 8.73. The van der Waals surface area contributed by atoms with Crippen molar-refractivity contribution in [2.75, 3.05) is 26.7 Å². The Morgan fingerprint density at radius 1 is 1.64 bits per heavy atom. The highest BCUT2D eigenvalue weighted by Gasteiger charge is 2.43. The van der Waals surface area contributed by atoms with Crippen LogP contribution in [0.1, 0.15) is 12.8 Å². The van der Waals surface area contributed by atoms with Crippen LogP contribution in [0.4, 0.5) is 0 Å². The SMILES string of the molecule is CN(CCO)CC1(C#N)CC1. The van der Waals surface area contributed by atoms with Crippen LogP contribution in [-0.2, 0) is 0 Å². The van der Waals surface area contributed by atoms with Gasteiger partial charge in [-0.05, 0) is 19.9 Å². The van der Waals surface area contributed by atoms with E-state index in [1.54, 1.807) is 0 Å². The van der Waals surface area contributed by atoms with Crippen molar-refractivity contribution in [1.29, 1.82) is 5.26 Å². The number of nitrogens with zero attached hydrogens (tertiary/aromatic N) is 2. The van der Waals surface area contributed by atoms with Crippen molar-refractivity contribution in [2.24, 2.45) is 5.41 Å². The molecule has 1 fully saturated rings. The van der Waals surface area contributed by atoms with Gasteiger partial charge >= 0.3 is 0 Å². The van der Waals surface area contributed by atoms with Gasteiger partial charge < -0.3 is 10.0 Å². The van der Waals surface area contributed by atoms with Gasteiger partial charge in [0.15, 0.2) is 0 Å². The van der Waals surface area contributed by atoms with Crippen LogP contribution in [0, 0.1) is 16.7 Å². The molecule has 0 aliphatic heterocycles. The zero-order chi connectivity index (χ0) is 8.32. The van der Waals surface area contributed by atoms with Crippen molar-refractivity contribution in [1.82, 2.24) is 4.90 Å². The van der Waals surface area contributed by atoms with E-state index in [0.717, 1.165) is 19.4 Å². The number of likely N-dealkylation sites (N-methyl/N-ethyl adjacent to an activating group) is 1. The quantitative estimate of drug-likeness (QED) is 0.630. The van der Waals surface area contributed by atoms with Gasteiger partial charge in [-0.1, -0.05) is 0 Å². The lowest BCUT2D eigenvalue weighted by molar-refractivity contribution is 0.208. The molecule has 0 heterocycles. The molecule has 1 rings (SSSR count). The van der Waals surface area contributed by atoms with Gasteiger partial charge in [0.25, 0.3) is 0 Å². The molecular formula is C8H14N2O. The Kier molecular flexibility index (Phi) is 2.48. The topological polar surface area (TPSA) is 47.3 Å². The van der Waals surface area contributed by atoms with Gasteiger partial charge in [-0.15, -0.1) is 0 Å². The second kappa shape index (κ2) is 3.21. The first kappa shape index (κ1) is 8.51. The molecule has 1 aliphatic rings. The normalized spacial score (nSPS) is 19.8. The molecule has 1 aliphatic carbocycles. The molecule has 0 aromatic carbocycles. The molecular weight excluding hydrogens is 140 g/mol. The summed E-state index contributed by atoms with van der Waals surface area (Å²) in [4.78, 5) is 2.01. The largest absolute Gasteiger partial charge is 0.395 e. The fourth-order valence-electron chi connectivity index (χ4n) is 1.22. The van der Waals surface area contributed by atoms with Gasteiger partial charge in [-0.2, -0.15) is 5.26 Å². The number of hydrogen-bond donors (Lipinski definition) is 1. The van der Waals surface area contributed by atoms with Crippen molar-refractivity contribution < 1.29 is 5.11 Å². The zero-order valence-corrected chi connectivity index (χ0v) is 6.88. The van der Waals surface area contributed by atoms with Crippen LogP contribution in [0.15, 0.2) is 0 Å². The first-order chi connectivity index (χ1) is 5.22. The lowest BCUT2D eigenvalue weighted by Gasteiger charge is -2.17. The third kappa shape index (κ3) is 2.18. The smallest absolute Gasteiger partial charge is 0.0703 e. The number of aliphatic hydroxyl groups excluding tert-OH is 1. The summed E-state index contributed by atoms with van der Waals surface area (Å²) in [5, 5.41) is 17.3. The molecule has 62 valence electrons. The molecule has 1 saturated carbocycles. The predicted molar refractivity (Wildman–Crippen MR) is 41.9 cm³/mol. The number of hydrogen-bond acceptors (Lipinski definition) is 3. The van der Waals surface area contributed by atoms with Gasteiger partial charge in [-0.3, -0.25) is 0 Å². The number of aliphatic hydroxyl groups is 1. The molecule has 0 aromatic rings. The fourth-order valence-corrected chi connectivity index (χ4v) is 1.22. The summed E-state index contributed by atoms with van der Waals surface area (Å²) < 4.78 is 0. The van der Waals surface area contributed by atoms with Crippen LogP contribution < -0.4 is 0 Å². The zero-order valence-electron chi connectivity index (χ0n) is 6.88. The summed E-state index contributed by atoms with van der Waals surface area (Å²) in [6.45, 7) is 1.66. The van der Waals surface area contributed by atoms with Gasteiger partial charge in [-0.25, -0.2) is 0 Å². The third-order valence-electron chi connectivity index (χ3n) is 2.15. The van der Waals surface area contributed by atoms with E-state index in [-0.39, 0.29) is 12.0 Å². The van der Waals surface area contributed by atoms with Crippen LogP contribution in [0.2, 0.25) is 0 Å². The van der Waals surface area contributed by atoms with Crippen LogP contribution in [0.25, 0.3) is 0 Å². The summed E-state index contributed by atoms with van der Waals surface area (Å²) in [5.41, 5.74) is -0.0656. The van der Waals surface area contributed by atoms with Crippen LogP contribution in [0.3, 0.4) is 0 Å². The van der Waals surface area contributed by atoms with Crippen LogP contribution in [0.5, 0.6) is 0 Å². The van der Waals surface area contributed by atoms with E-state index in [1.165, 1.54) is 0 Å². The van der Waals surface area contributed by atoms with E-state index in [2.05, 4.69) is 6.07 Å². The molecule has 0 amide bonds. The fraction of sp³-hybridized carbons (Fsp3) is 0.875. The van der Waals surface area contributed by atoms with Crippen LogP contribution >= 0.6 is 0 Å². The summed E-state index contributed by atoms with van der Waals surface area (Å²) in [6, 6.07) is 2.32. The third-order valence-corrected chi connectivity index (χ3v) is 2.15. The van der Waals surface area contributed by atoms with Gasteiger partial charge in [0.1, 0.15) is 0 Å². The minimum atomic E-state index is -0.0656. The Morgan fingerprint density at radius 2 is 2.27 bits per heavy atom. The molecule has 0 unspecified atom stereocenters. The molecule has 0 radical (unpaired) electrons. The summed E-state index contributed by atoms with van der Waals surface area (Å²) >= 11 is 0.